The molecule has 4 heteroatoms. The molecular weight excluding hydrogens is 256 g/mol. The smallest absolute Gasteiger partial charge is 0.234 e. The van der Waals surface area contributed by atoms with Crippen molar-refractivity contribution in [1.82, 2.24) is 10.2 Å². The predicted molar refractivity (Wildman–Crippen MR) is 79.6 cm³/mol. The van der Waals surface area contributed by atoms with Gasteiger partial charge in [-0.3, -0.25) is 0 Å². The number of aromatic nitrogens is 2. The largest absolute Gasteiger partial charge is 0.480 e. The van der Waals surface area contributed by atoms with E-state index in [1.54, 1.807) is 18.9 Å². The fourth-order valence-corrected chi connectivity index (χ4v) is 2.74. The normalized spacial score (nSPS) is 11.4. The molecule has 0 amide bonds. The number of nitrogens with zero attached hydrogens (tertiary/aromatic N) is 2. The molecule has 2 aromatic rings. The van der Waals surface area contributed by atoms with E-state index in [1.807, 2.05) is 36.4 Å². The topological polar surface area (TPSA) is 35.0 Å². The van der Waals surface area contributed by atoms with Crippen molar-refractivity contribution in [3.63, 3.8) is 0 Å². The van der Waals surface area contributed by atoms with Gasteiger partial charge in [-0.05, 0) is 0 Å². The predicted octanol–water partition coefficient (Wildman–Crippen LogP) is 4.04. The number of ether oxygens (including phenoxy) is 1. The Morgan fingerprint density at radius 2 is 1.74 bits per heavy atom. The molecule has 3 nitrogen and oxygen atoms in total. The Bertz CT molecular complexity index is 550. The lowest BCUT2D eigenvalue weighted by Crippen LogP contribution is -2.08. The van der Waals surface area contributed by atoms with Gasteiger partial charge in [0.05, 0.1) is 7.11 Å². The fourth-order valence-electron chi connectivity index (χ4n) is 1.66. The average Bonchev–Trinajstić information content (AvgIpc) is 2.38. The third-order valence-electron chi connectivity index (χ3n) is 2.41. The van der Waals surface area contributed by atoms with Crippen LogP contribution < -0.4 is 4.74 Å². The van der Waals surface area contributed by atoms with Crippen molar-refractivity contribution < 1.29 is 4.74 Å². The van der Waals surface area contributed by atoms with Crippen LogP contribution in [0.3, 0.4) is 0 Å². The Morgan fingerprint density at radius 3 is 2.32 bits per heavy atom. The summed E-state index contributed by atoms with van der Waals surface area (Å²) in [4.78, 5) is 1.09. The highest BCUT2D eigenvalue weighted by molar-refractivity contribution is 8.00. The van der Waals surface area contributed by atoms with E-state index >= 15 is 0 Å². The monoisotopic (exact) mass is 274 g/mol. The summed E-state index contributed by atoms with van der Waals surface area (Å²) in [6, 6.07) is 12.0. The fraction of sp³-hybridized carbons (Fsp3) is 0.333. The Kier molecular flexibility index (Phi) is 4.10. The number of methoxy groups -OCH3 is 1. The summed E-state index contributed by atoms with van der Waals surface area (Å²) in [7, 11) is 1.61. The maximum Gasteiger partial charge on any atom is 0.234 e. The van der Waals surface area contributed by atoms with Crippen molar-refractivity contribution in [1.29, 1.82) is 0 Å². The van der Waals surface area contributed by atoms with Gasteiger partial charge in [0, 0.05) is 21.3 Å². The SMILES string of the molecule is COc1cc(SC(C)(C)C)c(-c2ccccc2)nn1. The molecule has 0 radical (unpaired) electrons. The van der Waals surface area contributed by atoms with E-state index in [1.165, 1.54) is 0 Å². The molecule has 0 saturated carbocycles. The molecule has 2 rings (SSSR count). The van der Waals surface area contributed by atoms with Gasteiger partial charge in [0.1, 0.15) is 5.69 Å². The molecule has 0 atom stereocenters. The lowest BCUT2D eigenvalue weighted by molar-refractivity contribution is 0.390. The molecule has 0 bridgehead atoms. The molecule has 0 unspecified atom stereocenters. The van der Waals surface area contributed by atoms with Crippen molar-refractivity contribution in [2.24, 2.45) is 0 Å². The van der Waals surface area contributed by atoms with Gasteiger partial charge in [-0.2, -0.15) is 0 Å². The molecule has 0 spiro atoms. The van der Waals surface area contributed by atoms with Crippen LogP contribution >= 0.6 is 11.8 Å². The maximum absolute atomic E-state index is 5.17. The van der Waals surface area contributed by atoms with Crippen molar-refractivity contribution in [3.8, 4) is 17.1 Å². The summed E-state index contributed by atoms with van der Waals surface area (Å²) in [5.41, 5.74) is 1.98. The number of benzene rings is 1. The van der Waals surface area contributed by atoms with Crippen LogP contribution in [0.4, 0.5) is 0 Å². The van der Waals surface area contributed by atoms with Crippen LogP contribution in [-0.2, 0) is 0 Å². The van der Waals surface area contributed by atoms with Crippen LogP contribution in [0.1, 0.15) is 20.8 Å². The zero-order valence-corrected chi connectivity index (χ0v) is 12.5. The van der Waals surface area contributed by atoms with E-state index in [9.17, 15) is 0 Å². The third kappa shape index (κ3) is 3.70. The lowest BCUT2D eigenvalue weighted by atomic mass is 10.1. The van der Waals surface area contributed by atoms with Gasteiger partial charge in [-0.15, -0.1) is 22.0 Å². The van der Waals surface area contributed by atoms with Crippen molar-refractivity contribution >= 4 is 11.8 Å². The molecule has 100 valence electrons. The van der Waals surface area contributed by atoms with Gasteiger partial charge in [0.25, 0.3) is 0 Å². The first kappa shape index (κ1) is 13.9. The zero-order valence-electron chi connectivity index (χ0n) is 11.7. The molecule has 0 aliphatic carbocycles. The molecule has 1 heterocycles. The Hall–Kier alpha value is -1.55. The van der Waals surface area contributed by atoms with Crippen molar-refractivity contribution in [2.75, 3.05) is 7.11 Å². The molecule has 19 heavy (non-hydrogen) atoms. The van der Waals surface area contributed by atoms with Gasteiger partial charge in [-0.1, -0.05) is 51.1 Å². The van der Waals surface area contributed by atoms with Crippen LogP contribution in [-0.4, -0.2) is 22.1 Å². The summed E-state index contributed by atoms with van der Waals surface area (Å²) < 4.78 is 5.28. The summed E-state index contributed by atoms with van der Waals surface area (Å²) in [5, 5.41) is 8.39. The van der Waals surface area contributed by atoms with Gasteiger partial charge >= 0.3 is 0 Å². The molecule has 0 N–H and O–H groups in total. The molecule has 0 fully saturated rings. The summed E-state index contributed by atoms with van der Waals surface area (Å²) in [6.45, 7) is 6.54. The minimum absolute atomic E-state index is 0.109. The van der Waals surface area contributed by atoms with Crippen LogP contribution in [0, 0.1) is 0 Å². The second-order valence-electron chi connectivity index (χ2n) is 5.18. The molecule has 0 saturated heterocycles. The van der Waals surface area contributed by atoms with Crippen LogP contribution in [0.25, 0.3) is 11.3 Å². The van der Waals surface area contributed by atoms with E-state index in [0.717, 1.165) is 16.2 Å². The quantitative estimate of drug-likeness (QED) is 0.791. The van der Waals surface area contributed by atoms with Crippen LogP contribution in [0.2, 0.25) is 0 Å². The Labute approximate surface area is 118 Å². The van der Waals surface area contributed by atoms with E-state index in [0.29, 0.717) is 5.88 Å². The standard InChI is InChI=1S/C15H18N2OS/c1-15(2,3)19-12-10-13(18-4)16-17-14(12)11-8-6-5-7-9-11/h5-10H,1-4H3. The van der Waals surface area contributed by atoms with E-state index in [-0.39, 0.29) is 4.75 Å². The number of thioether (sulfide) groups is 1. The second kappa shape index (κ2) is 5.61. The van der Waals surface area contributed by atoms with Gasteiger partial charge < -0.3 is 4.74 Å². The highest BCUT2D eigenvalue weighted by Gasteiger charge is 2.18. The second-order valence-corrected chi connectivity index (χ2v) is 7.05. The van der Waals surface area contributed by atoms with Gasteiger partial charge in [0.2, 0.25) is 5.88 Å². The first-order valence-corrected chi connectivity index (χ1v) is 6.97. The van der Waals surface area contributed by atoms with E-state index in [4.69, 9.17) is 4.74 Å². The molecule has 1 aromatic carbocycles. The molecule has 1 aromatic heterocycles. The summed E-state index contributed by atoms with van der Waals surface area (Å²) >= 11 is 1.77. The molecule has 0 aliphatic rings. The molecular formula is C15H18N2OS. The van der Waals surface area contributed by atoms with E-state index in [2.05, 4.69) is 31.0 Å². The number of hydrogen-bond donors (Lipinski definition) is 0. The van der Waals surface area contributed by atoms with Gasteiger partial charge in [0.15, 0.2) is 0 Å². The van der Waals surface area contributed by atoms with Crippen LogP contribution in [0.5, 0.6) is 5.88 Å². The first-order valence-electron chi connectivity index (χ1n) is 6.16. The minimum Gasteiger partial charge on any atom is -0.480 e. The Balaban J connectivity index is 2.48. The third-order valence-corrected chi connectivity index (χ3v) is 3.55. The highest BCUT2D eigenvalue weighted by atomic mass is 32.2. The number of rotatable bonds is 3. The van der Waals surface area contributed by atoms with E-state index < -0.39 is 0 Å². The number of hydrogen-bond acceptors (Lipinski definition) is 4. The molecule has 0 aliphatic heterocycles. The lowest BCUT2D eigenvalue weighted by Gasteiger charge is -2.19. The summed E-state index contributed by atoms with van der Waals surface area (Å²) in [5.74, 6) is 0.548. The minimum atomic E-state index is 0.109. The van der Waals surface area contributed by atoms with Crippen molar-refractivity contribution in [3.05, 3.63) is 36.4 Å². The van der Waals surface area contributed by atoms with Crippen LogP contribution in [0.15, 0.2) is 41.3 Å². The van der Waals surface area contributed by atoms with Gasteiger partial charge in [-0.25, -0.2) is 0 Å². The highest BCUT2D eigenvalue weighted by Crippen LogP contribution is 2.38. The first-order chi connectivity index (χ1) is 8.99. The Morgan fingerprint density at radius 1 is 1.05 bits per heavy atom. The zero-order chi connectivity index (χ0) is 13.9. The summed E-state index contributed by atoms with van der Waals surface area (Å²) in [6.07, 6.45) is 0. The average molecular weight is 274 g/mol. The van der Waals surface area contributed by atoms with Crippen molar-refractivity contribution in [2.45, 2.75) is 30.4 Å². The maximum atomic E-state index is 5.17.